The molecule has 2 N–H and O–H groups in total. The number of benzene rings is 1. The highest BCUT2D eigenvalue weighted by atomic mass is 32.2. The number of nitrogens with one attached hydrogen (secondary N) is 2. The van der Waals surface area contributed by atoms with Gasteiger partial charge in [0.2, 0.25) is 5.91 Å². The average Bonchev–Trinajstić information content (AvgIpc) is 2.80. The van der Waals surface area contributed by atoms with Gasteiger partial charge in [-0.1, -0.05) is 18.2 Å². The molecule has 1 aromatic heterocycles. The summed E-state index contributed by atoms with van der Waals surface area (Å²) < 4.78 is 0. The summed E-state index contributed by atoms with van der Waals surface area (Å²) in [4.78, 5) is 26.2. The zero-order chi connectivity index (χ0) is 16.1. The van der Waals surface area contributed by atoms with Gasteiger partial charge in [0, 0.05) is 16.8 Å². The summed E-state index contributed by atoms with van der Waals surface area (Å²) in [6.45, 7) is 3.84. The van der Waals surface area contributed by atoms with Crippen molar-refractivity contribution in [3.8, 4) is 0 Å². The van der Waals surface area contributed by atoms with Crippen LogP contribution >= 0.6 is 23.1 Å². The van der Waals surface area contributed by atoms with Crippen LogP contribution in [0.15, 0.2) is 35.2 Å². The summed E-state index contributed by atoms with van der Waals surface area (Å²) in [7, 11) is 1.59. The molecular weight excluding hydrogens is 316 g/mol. The van der Waals surface area contributed by atoms with Gasteiger partial charge in [-0.05, 0) is 31.5 Å². The van der Waals surface area contributed by atoms with Crippen molar-refractivity contribution in [2.75, 3.05) is 18.1 Å². The minimum atomic E-state index is -0.173. The SMILES string of the molecule is CNC(=O)c1c(NC(=O)CSc2ccccc2)sc(C)c1C. The van der Waals surface area contributed by atoms with Crippen molar-refractivity contribution in [2.45, 2.75) is 18.7 Å². The zero-order valence-corrected chi connectivity index (χ0v) is 14.4. The van der Waals surface area contributed by atoms with Gasteiger partial charge in [-0.15, -0.1) is 23.1 Å². The Morgan fingerprint density at radius 2 is 1.86 bits per heavy atom. The van der Waals surface area contributed by atoms with Crippen LogP contribution in [0.25, 0.3) is 0 Å². The largest absolute Gasteiger partial charge is 0.355 e. The van der Waals surface area contributed by atoms with E-state index >= 15 is 0 Å². The van der Waals surface area contributed by atoms with Gasteiger partial charge in [0.25, 0.3) is 5.91 Å². The molecule has 0 radical (unpaired) electrons. The first-order valence-electron chi connectivity index (χ1n) is 6.82. The number of carbonyl (C=O) groups is 2. The molecule has 0 atom stereocenters. The molecule has 4 nitrogen and oxygen atoms in total. The Labute approximate surface area is 138 Å². The first-order chi connectivity index (χ1) is 10.5. The van der Waals surface area contributed by atoms with Crippen molar-refractivity contribution in [2.24, 2.45) is 0 Å². The minimum Gasteiger partial charge on any atom is -0.355 e. The van der Waals surface area contributed by atoms with Crippen LogP contribution in [0.2, 0.25) is 0 Å². The topological polar surface area (TPSA) is 58.2 Å². The maximum absolute atomic E-state index is 12.1. The van der Waals surface area contributed by atoms with E-state index in [9.17, 15) is 9.59 Å². The van der Waals surface area contributed by atoms with Gasteiger partial charge in [0.15, 0.2) is 0 Å². The van der Waals surface area contributed by atoms with E-state index in [1.165, 1.54) is 23.1 Å². The van der Waals surface area contributed by atoms with Gasteiger partial charge >= 0.3 is 0 Å². The maximum Gasteiger partial charge on any atom is 0.254 e. The Balaban J connectivity index is 2.05. The normalized spacial score (nSPS) is 10.3. The van der Waals surface area contributed by atoms with Crippen LogP contribution in [0.4, 0.5) is 5.00 Å². The van der Waals surface area contributed by atoms with Crippen molar-refractivity contribution in [1.29, 1.82) is 0 Å². The van der Waals surface area contributed by atoms with Gasteiger partial charge in [-0.25, -0.2) is 0 Å². The van der Waals surface area contributed by atoms with E-state index in [0.717, 1.165) is 15.3 Å². The molecule has 2 aromatic rings. The molecule has 0 saturated heterocycles. The molecular formula is C16H18N2O2S2. The maximum atomic E-state index is 12.1. The second-order valence-corrected chi connectivity index (χ2v) is 6.99. The smallest absolute Gasteiger partial charge is 0.254 e. The van der Waals surface area contributed by atoms with Gasteiger partial charge in [-0.2, -0.15) is 0 Å². The number of rotatable bonds is 5. The standard InChI is InChI=1S/C16H18N2O2S2/c1-10-11(2)22-16(14(10)15(20)17-3)18-13(19)9-21-12-7-5-4-6-8-12/h4-8H,9H2,1-3H3,(H,17,20)(H,18,19). The highest BCUT2D eigenvalue weighted by Gasteiger charge is 2.20. The van der Waals surface area contributed by atoms with Crippen LogP contribution in [0.1, 0.15) is 20.8 Å². The molecule has 116 valence electrons. The van der Waals surface area contributed by atoms with Crippen LogP contribution in [-0.4, -0.2) is 24.6 Å². The number of thiophene rings is 1. The quantitative estimate of drug-likeness (QED) is 0.823. The molecule has 0 aliphatic carbocycles. The molecule has 2 amide bonds. The van der Waals surface area contributed by atoms with E-state index in [1.54, 1.807) is 7.05 Å². The number of carbonyl (C=O) groups excluding carboxylic acids is 2. The number of amides is 2. The van der Waals surface area contributed by atoms with E-state index in [1.807, 2.05) is 44.2 Å². The third-order valence-electron chi connectivity index (χ3n) is 3.21. The molecule has 2 rings (SSSR count). The monoisotopic (exact) mass is 334 g/mol. The number of hydrogen-bond donors (Lipinski definition) is 2. The lowest BCUT2D eigenvalue weighted by Gasteiger charge is -2.06. The Hall–Kier alpha value is -1.79. The summed E-state index contributed by atoms with van der Waals surface area (Å²) in [6.07, 6.45) is 0. The molecule has 0 aliphatic rings. The summed E-state index contributed by atoms with van der Waals surface area (Å²) in [5.74, 6) is 0.0285. The van der Waals surface area contributed by atoms with Gasteiger partial charge in [-0.3, -0.25) is 9.59 Å². The summed E-state index contributed by atoms with van der Waals surface area (Å²) in [5.41, 5.74) is 1.47. The Morgan fingerprint density at radius 1 is 1.18 bits per heavy atom. The van der Waals surface area contributed by atoms with E-state index in [-0.39, 0.29) is 11.8 Å². The highest BCUT2D eigenvalue weighted by Crippen LogP contribution is 2.32. The minimum absolute atomic E-state index is 0.111. The van der Waals surface area contributed by atoms with Crippen LogP contribution < -0.4 is 10.6 Å². The number of hydrogen-bond acceptors (Lipinski definition) is 4. The van der Waals surface area contributed by atoms with E-state index in [4.69, 9.17) is 0 Å². The first-order valence-corrected chi connectivity index (χ1v) is 8.63. The Morgan fingerprint density at radius 3 is 2.50 bits per heavy atom. The molecule has 0 unspecified atom stereocenters. The Bertz CT molecular complexity index is 681. The fraction of sp³-hybridized carbons (Fsp3) is 0.250. The molecule has 22 heavy (non-hydrogen) atoms. The number of thioether (sulfide) groups is 1. The van der Waals surface area contributed by atoms with Crippen LogP contribution in [-0.2, 0) is 4.79 Å². The van der Waals surface area contributed by atoms with Gasteiger partial charge in [0.05, 0.1) is 11.3 Å². The molecule has 1 heterocycles. The predicted molar refractivity (Wildman–Crippen MR) is 93.0 cm³/mol. The van der Waals surface area contributed by atoms with Crippen LogP contribution in [0.3, 0.4) is 0 Å². The van der Waals surface area contributed by atoms with Gasteiger partial charge in [0.1, 0.15) is 5.00 Å². The molecule has 0 aliphatic heterocycles. The summed E-state index contributed by atoms with van der Waals surface area (Å²) >= 11 is 2.90. The van der Waals surface area contributed by atoms with Crippen molar-refractivity contribution in [3.63, 3.8) is 0 Å². The number of aryl methyl sites for hydroxylation is 1. The van der Waals surface area contributed by atoms with E-state index < -0.39 is 0 Å². The summed E-state index contributed by atoms with van der Waals surface area (Å²) in [5, 5.41) is 6.09. The predicted octanol–water partition coefficient (Wildman–Crippen LogP) is 3.46. The third-order valence-corrected chi connectivity index (χ3v) is 5.34. The molecule has 1 aromatic carbocycles. The molecule has 0 spiro atoms. The van der Waals surface area contributed by atoms with Crippen LogP contribution in [0, 0.1) is 13.8 Å². The lowest BCUT2D eigenvalue weighted by molar-refractivity contribution is -0.113. The Kier molecular flexibility index (Phi) is 5.63. The second-order valence-electron chi connectivity index (χ2n) is 4.72. The summed E-state index contributed by atoms with van der Waals surface area (Å²) in [6, 6.07) is 9.75. The fourth-order valence-corrected chi connectivity index (χ4v) is 3.74. The zero-order valence-electron chi connectivity index (χ0n) is 12.7. The van der Waals surface area contributed by atoms with E-state index in [2.05, 4.69) is 10.6 Å². The lowest BCUT2D eigenvalue weighted by atomic mass is 10.1. The first kappa shape index (κ1) is 16.6. The third kappa shape index (κ3) is 3.90. The average molecular weight is 334 g/mol. The molecule has 0 saturated carbocycles. The second kappa shape index (κ2) is 7.47. The van der Waals surface area contributed by atoms with Gasteiger partial charge < -0.3 is 10.6 Å². The van der Waals surface area contributed by atoms with Crippen molar-refractivity contribution in [3.05, 3.63) is 46.3 Å². The molecule has 0 bridgehead atoms. The lowest BCUT2D eigenvalue weighted by Crippen LogP contribution is -2.21. The number of anilines is 1. The van der Waals surface area contributed by atoms with Crippen LogP contribution in [0.5, 0.6) is 0 Å². The van der Waals surface area contributed by atoms with Crippen molar-refractivity contribution >= 4 is 39.9 Å². The molecule has 6 heteroatoms. The van der Waals surface area contributed by atoms with E-state index in [0.29, 0.717) is 16.3 Å². The fourth-order valence-electron chi connectivity index (χ4n) is 1.94. The molecule has 0 fully saturated rings. The highest BCUT2D eigenvalue weighted by molar-refractivity contribution is 8.00. The van der Waals surface area contributed by atoms with Crippen molar-refractivity contribution in [1.82, 2.24) is 5.32 Å². The van der Waals surface area contributed by atoms with Crippen molar-refractivity contribution < 1.29 is 9.59 Å².